The molecule has 0 spiro atoms. The third-order valence-electron chi connectivity index (χ3n) is 3.93. The average molecular weight is 254 g/mol. The van der Waals surface area contributed by atoms with Crippen molar-refractivity contribution in [3.05, 3.63) is 59.7 Å². The van der Waals surface area contributed by atoms with Crippen LogP contribution in [0, 0.1) is 6.92 Å². The lowest BCUT2D eigenvalue weighted by atomic mass is 9.96. The Morgan fingerprint density at radius 2 is 1.74 bits per heavy atom. The molecule has 0 heterocycles. The topological polar surface area (TPSA) is 29.5 Å². The fraction of sp³-hybridized carbons (Fsp3) is 0.294. The summed E-state index contributed by atoms with van der Waals surface area (Å²) in [5, 5.41) is 9.98. The number of ether oxygens (including phenoxy) is 1. The summed E-state index contributed by atoms with van der Waals surface area (Å²) in [7, 11) is 0. The smallest absolute Gasteiger partial charge is 0.122 e. The third kappa shape index (κ3) is 2.30. The van der Waals surface area contributed by atoms with Gasteiger partial charge in [-0.05, 0) is 37.5 Å². The predicted molar refractivity (Wildman–Crippen MR) is 75.7 cm³/mol. The van der Waals surface area contributed by atoms with Crippen LogP contribution >= 0.6 is 0 Å². The molecule has 2 nitrogen and oxygen atoms in total. The van der Waals surface area contributed by atoms with Crippen LogP contribution in [0.3, 0.4) is 0 Å². The van der Waals surface area contributed by atoms with Crippen LogP contribution in [0.2, 0.25) is 0 Å². The molecular weight excluding hydrogens is 236 g/mol. The summed E-state index contributed by atoms with van der Waals surface area (Å²) in [4.78, 5) is 0. The van der Waals surface area contributed by atoms with E-state index in [1.807, 2.05) is 36.4 Å². The molecule has 1 N–H and O–H groups in total. The number of benzene rings is 2. The molecule has 3 rings (SSSR count). The molecule has 1 aliphatic rings. The van der Waals surface area contributed by atoms with E-state index in [4.69, 9.17) is 4.74 Å². The zero-order chi connectivity index (χ0) is 13.3. The van der Waals surface area contributed by atoms with Crippen LogP contribution in [0.1, 0.15) is 24.0 Å². The van der Waals surface area contributed by atoms with E-state index >= 15 is 0 Å². The first-order valence-corrected chi connectivity index (χ1v) is 6.68. The van der Waals surface area contributed by atoms with Crippen molar-refractivity contribution in [1.29, 1.82) is 0 Å². The molecule has 0 aromatic heterocycles. The Morgan fingerprint density at radius 1 is 1.05 bits per heavy atom. The van der Waals surface area contributed by atoms with Gasteiger partial charge < -0.3 is 9.84 Å². The Hall–Kier alpha value is -1.96. The molecule has 2 heteroatoms. The third-order valence-corrected chi connectivity index (χ3v) is 3.93. The standard InChI is InChI=1S/C17H18O2/c1-13-6-2-5-9-16(13)19-12-17(10-11-17)14-7-3-4-8-15(14)18/h2-9,18H,10-12H2,1H3. The lowest BCUT2D eigenvalue weighted by Crippen LogP contribution is -2.18. The van der Waals surface area contributed by atoms with Gasteiger partial charge in [0, 0.05) is 11.0 Å². The van der Waals surface area contributed by atoms with Gasteiger partial charge in [-0.3, -0.25) is 0 Å². The van der Waals surface area contributed by atoms with Crippen molar-refractivity contribution >= 4 is 0 Å². The van der Waals surface area contributed by atoms with Gasteiger partial charge in [-0.2, -0.15) is 0 Å². The summed E-state index contributed by atoms with van der Waals surface area (Å²) in [6.07, 6.45) is 2.16. The molecule has 1 saturated carbocycles. The Kier molecular flexibility index (Phi) is 2.94. The molecule has 1 fully saturated rings. The van der Waals surface area contributed by atoms with Crippen molar-refractivity contribution < 1.29 is 9.84 Å². The average Bonchev–Trinajstić information content (AvgIpc) is 3.19. The molecule has 0 radical (unpaired) electrons. The van der Waals surface area contributed by atoms with Gasteiger partial charge in [0.15, 0.2) is 0 Å². The predicted octanol–water partition coefficient (Wildman–Crippen LogP) is 3.81. The lowest BCUT2D eigenvalue weighted by Gasteiger charge is -2.18. The van der Waals surface area contributed by atoms with E-state index in [-0.39, 0.29) is 5.41 Å². The Labute approximate surface area is 113 Å². The number of aryl methyl sites for hydroxylation is 1. The Bertz CT molecular complexity index is 585. The summed E-state index contributed by atoms with van der Waals surface area (Å²) in [6, 6.07) is 15.6. The summed E-state index contributed by atoms with van der Waals surface area (Å²) >= 11 is 0. The zero-order valence-electron chi connectivity index (χ0n) is 11.1. The minimum Gasteiger partial charge on any atom is -0.508 e. The molecule has 0 atom stereocenters. The number of rotatable bonds is 4. The Morgan fingerprint density at radius 3 is 2.42 bits per heavy atom. The maximum Gasteiger partial charge on any atom is 0.122 e. The molecule has 19 heavy (non-hydrogen) atoms. The minimum absolute atomic E-state index is 0.00756. The van der Waals surface area contributed by atoms with Crippen molar-refractivity contribution in [2.75, 3.05) is 6.61 Å². The molecule has 98 valence electrons. The van der Waals surface area contributed by atoms with E-state index in [2.05, 4.69) is 13.0 Å². The van der Waals surface area contributed by atoms with Crippen LogP contribution in [0.4, 0.5) is 0 Å². The van der Waals surface area contributed by atoms with E-state index in [1.54, 1.807) is 6.07 Å². The zero-order valence-corrected chi connectivity index (χ0v) is 11.1. The van der Waals surface area contributed by atoms with E-state index < -0.39 is 0 Å². The van der Waals surface area contributed by atoms with E-state index in [1.165, 1.54) is 0 Å². The lowest BCUT2D eigenvalue weighted by molar-refractivity contribution is 0.273. The fourth-order valence-corrected chi connectivity index (χ4v) is 2.50. The second-order valence-corrected chi connectivity index (χ2v) is 5.35. The van der Waals surface area contributed by atoms with Gasteiger partial charge >= 0.3 is 0 Å². The first-order chi connectivity index (χ1) is 9.21. The van der Waals surface area contributed by atoms with E-state index in [9.17, 15) is 5.11 Å². The number of phenols is 1. The van der Waals surface area contributed by atoms with E-state index in [0.29, 0.717) is 12.4 Å². The monoisotopic (exact) mass is 254 g/mol. The van der Waals surface area contributed by atoms with Crippen molar-refractivity contribution in [2.45, 2.75) is 25.2 Å². The highest BCUT2D eigenvalue weighted by Crippen LogP contribution is 2.51. The van der Waals surface area contributed by atoms with Crippen molar-refractivity contribution in [1.82, 2.24) is 0 Å². The first-order valence-electron chi connectivity index (χ1n) is 6.68. The highest BCUT2D eigenvalue weighted by Gasteiger charge is 2.46. The highest BCUT2D eigenvalue weighted by atomic mass is 16.5. The quantitative estimate of drug-likeness (QED) is 0.899. The van der Waals surface area contributed by atoms with Crippen molar-refractivity contribution in [3.63, 3.8) is 0 Å². The largest absolute Gasteiger partial charge is 0.508 e. The van der Waals surface area contributed by atoms with Crippen molar-refractivity contribution in [3.8, 4) is 11.5 Å². The van der Waals surface area contributed by atoms with Crippen LogP contribution in [0.15, 0.2) is 48.5 Å². The molecule has 0 bridgehead atoms. The van der Waals surface area contributed by atoms with Crippen LogP contribution in [-0.4, -0.2) is 11.7 Å². The molecule has 0 amide bonds. The summed E-state index contributed by atoms with van der Waals surface area (Å²) in [5.41, 5.74) is 2.17. The van der Waals surface area contributed by atoms with Gasteiger partial charge in [-0.15, -0.1) is 0 Å². The van der Waals surface area contributed by atoms with Gasteiger partial charge in [0.2, 0.25) is 0 Å². The van der Waals surface area contributed by atoms with Gasteiger partial charge in [0.1, 0.15) is 11.5 Å². The van der Waals surface area contributed by atoms with Gasteiger partial charge in [-0.25, -0.2) is 0 Å². The summed E-state index contributed by atoms with van der Waals surface area (Å²) in [6.45, 7) is 2.68. The summed E-state index contributed by atoms with van der Waals surface area (Å²) in [5.74, 6) is 1.32. The maximum absolute atomic E-state index is 9.98. The summed E-state index contributed by atoms with van der Waals surface area (Å²) < 4.78 is 5.96. The SMILES string of the molecule is Cc1ccccc1OCC1(c2ccccc2O)CC1. The number of para-hydroxylation sites is 2. The highest BCUT2D eigenvalue weighted by molar-refractivity contribution is 5.43. The van der Waals surface area contributed by atoms with Gasteiger partial charge in [-0.1, -0.05) is 36.4 Å². The van der Waals surface area contributed by atoms with Crippen molar-refractivity contribution in [2.24, 2.45) is 0 Å². The van der Waals surface area contributed by atoms with E-state index in [0.717, 1.165) is 29.7 Å². The van der Waals surface area contributed by atoms with Gasteiger partial charge in [0.25, 0.3) is 0 Å². The van der Waals surface area contributed by atoms with Crippen LogP contribution in [0.5, 0.6) is 11.5 Å². The number of phenolic OH excluding ortho intramolecular Hbond substituents is 1. The number of hydrogen-bond donors (Lipinski definition) is 1. The molecule has 0 saturated heterocycles. The van der Waals surface area contributed by atoms with Crippen LogP contribution < -0.4 is 4.74 Å². The maximum atomic E-state index is 9.98. The molecule has 0 unspecified atom stereocenters. The molecule has 0 aliphatic heterocycles. The first kappa shape index (κ1) is 12.1. The normalized spacial score (nSPS) is 16.1. The second kappa shape index (κ2) is 4.61. The van der Waals surface area contributed by atoms with Crippen LogP contribution in [0.25, 0.3) is 0 Å². The molecule has 2 aromatic rings. The van der Waals surface area contributed by atoms with Gasteiger partial charge in [0.05, 0.1) is 6.61 Å². The number of aromatic hydroxyl groups is 1. The Balaban J connectivity index is 1.77. The molecule has 2 aromatic carbocycles. The number of hydrogen-bond acceptors (Lipinski definition) is 2. The van der Waals surface area contributed by atoms with Crippen LogP contribution in [-0.2, 0) is 5.41 Å². The molecule has 1 aliphatic carbocycles. The minimum atomic E-state index is 0.00756. The second-order valence-electron chi connectivity index (χ2n) is 5.35. The fourth-order valence-electron chi connectivity index (χ4n) is 2.50. The molecular formula is C17H18O2.